The molecule has 126 valence electrons. The highest BCUT2D eigenvalue weighted by Crippen LogP contribution is 2.31. The lowest BCUT2D eigenvalue weighted by molar-refractivity contribution is 0.0570. The van der Waals surface area contributed by atoms with Gasteiger partial charge in [0.1, 0.15) is 5.82 Å². The van der Waals surface area contributed by atoms with E-state index < -0.39 is 11.9 Å². The normalized spacial score (nSPS) is 16.7. The molecule has 4 rings (SSSR count). The molecule has 1 atom stereocenters. The number of carbonyl (C=O) groups is 1. The summed E-state index contributed by atoms with van der Waals surface area (Å²) in [7, 11) is 0. The molecule has 2 heterocycles. The Balaban J connectivity index is 1.79. The van der Waals surface area contributed by atoms with Crippen LogP contribution in [0.25, 0.3) is 10.9 Å². The molecule has 0 saturated heterocycles. The maximum absolute atomic E-state index is 14.0. The highest BCUT2D eigenvalue weighted by Gasteiger charge is 2.31. The molecular weight excluding hydrogens is 319 g/mol. The van der Waals surface area contributed by atoms with Crippen molar-refractivity contribution in [3.8, 4) is 0 Å². The molecule has 0 spiro atoms. The van der Waals surface area contributed by atoms with Crippen LogP contribution < -0.4 is 0 Å². The number of amides is 1. The smallest absolute Gasteiger partial charge is 0.256 e. The highest BCUT2D eigenvalue weighted by atomic mass is 19.1. The van der Waals surface area contributed by atoms with Gasteiger partial charge in [0.2, 0.25) is 0 Å². The molecule has 5 heteroatoms. The van der Waals surface area contributed by atoms with Crippen LogP contribution in [0.1, 0.15) is 27.5 Å². The number of aliphatic hydroxyl groups excluding tert-OH is 1. The van der Waals surface area contributed by atoms with E-state index >= 15 is 0 Å². The van der Waals surface area contributed by atoms with Gasteiger partial charge in [0.25, 0.3) is 5.91 Å². The van der Waals surface area contributed by atoms with Crippen LogP contribution in [0.15, 0.2) is 54.7 Å². The molecule has 1 aliphatic rings. The third-order valence-electron chi connectivity index (χ3n) is 4.75. The van der Waals surface area contributed by atoms with Crippen LogP contribution in [0, 0.1) is 5.82 Å². The Kier molecular flexibility index (Phi) is 3.93. The fourth-order valence-electron chi connectivity index (χ4n) is 3.57. The summed E-state index contributed by atoms with van der Waals surface area (Å²) in [5.74, 6) is -0.779. The first-order chi connectivity index (χ1) is 12.2. The van der Waals surface area contributed by atoms with Gasteiger partial charge in [-0.05, 0) is 35.7 Å². The van der Waals surface area contributed by atoms with Crippen molar-refractivity contribution in [1.82, 2.24) is 9.88 Å². The maximum Gasteiger partial charge on any atom is 0.256 e. The Morgan fingerprint density at radius 1 is 1.24 bits per heavy atom. The minimum absolute atomic E-state index is 0.177. The van der Waals surface area contributed by atoms with Crippen molar-refractivity contribution < 1.29 is 14.3 Å². The van der Waals surface area contributed by atoms with E-state index in [9.17, 15) is 14.3 Å². The SMILES string of the molecule is O=C(c1cc(F)cc2cccnc12)N1CCc2ccccc2[C@H]1CO. The number of hydrogen-bond acceptors (Lipinski definition) is 3. The molecule has 2 aromatic carbocycles. The maximum atomic E-state index is 14.0. The predicted molar refractivity (Wildman–Crippen MR) is 92.7 cm³/mol. The van der Waals surface area contributed by atoms with Crippen molar-refractivity contribution in [2.24, 2.45) is 0 Å². The number of rotatable bonds is 2. The second-order valence-corrected chi connectivity index (χ2v) is 6.17. The standard InChI is InChI=1S/C20H17FN2O2/c21-15-10-14-5-3-8-22-19(14)17(11-15)20(25)23-9-7-13-4-1-2-6-16(13)18(23)12-24/h1-6,8,10-11,18,24H,7,9,12H2/t18-/m1/s1. The van der Waals surface area contributed by atoms with E-state index in [1.807, 2.05) is 24.3 Å². The van der Waals surface area contributed by atoms with Crippen molar-refractivity contribution in [2.75, 3.05) is 13.2 Å². The van der Waals surface area contributed by atoms with Gasteiger partial charge in [-0.1, -0.05) is 30.3 Å². The molecule has 3 aromatic rings. The summed E-state index contributed by atoms with van der Waals surface area (Å²) in [6.07, 6.45) is 2.30. The summed E-state index contributed by atoms with van der Waals surface area (Å²) in [6, 6.07) is 13.4. The number of carbonyl (C=O) groups excluding carboxylic acids is 1. The quantitative estimate of drug-likeness (QED) is 0.782. The lowest BCUT2D eigenvalue weighted by Gasteiger charge is -2.36. The lowest BCUT2D eigenvalue weighted by Crippen LogP contribution is -2.41. The second-order valence-electron chi connectivity index (χ2n) is 6.17. The van der Waals surface area contributed by atoms with Gasteiger partial charge in [0.15, 0.2) is 0 Å². The van der Waals surface area contributed by atoms with Crippen LogP contribution in [-0.2, 0) is 6.42 Å². The predicted octanol–water partition coefficient (Wildman–Crippen LogP) is 3.11. The van der Waals surface area contributed by atoms with E-state index in [2.05, 4.69) is 4.98 Å². The lowest BCUT2D eigenvalue weighted by atomic mass is 9.92. The molecule has 0 saturated carbocycles. The molecule has 0 unspecified atom stereocenters. The van der Waals surface area contributed by atoms with Gasteiger partial charge in [-0.3, -0.25) is 9.78 Å². The third-order valence-corrected chi connectivity index (χ3v) is 4.75. The first-order valence-corrected chi connectivity index (χ1v) is 8.23. The third kappa shape index (κ3) is 2.66. The van der Waals surface area contributed by atoms with Gasteiger partial charge in [0.05, 0.1) is 23.7 Å². The molecule has 1 aromatic heterocycles. The number of halogens is 1. The summed E-state index contributed by atoms with van der Waals surface area (Å²) in [6.45, 7) is 0.301. The Labute approximate surface area is 144 Å². The molecule has 0 radical (unpaired) electrons. The topological polar surface area (TPSA) is 53.4 Å². The van der Waals surface area contributed by atoms with Crippen molar-refractivity contribution in [1.29, 1.82) is 0 Å². The van der Waals surface area contributed by atoms with E-state index in [-0.39, 0.29) is 18.1 Å². The summed E-state index contributed by atoms with van der Waals surface area (Å²) in [5, 5.41) is 10.5. The summed E-state index contributed by atoms with van der Waals surface area (Å²) in [5.41, 5.74) is 2.78. The van der Waals surface area contributed by atoms with Crippen molar-refractivity contribution >= 4 is 16.8 Å². The number of aliphatic hydroxyl groups is 1. The number of aromatic nitrogens is 1. The van der Waals surface area contributed by atoms with Crippen molar-refractivity contribution in [3.05, 3.63) is 77.2 Å². The molecule has 4 nitrogen and oxygen atoms in total. The Morgan fingerprint density at radius 2 is 2.08 bits per heavy atom. The van der Waals surface area contributed by atoms with Crippen LogP contribution in [-0.4, -0.2) is 34.0 Å². The minimum Gasteiger partial charge on any atom is -0.394 e. The van der Waals surface area contributed by atoms with Gasteiger partial charge < -0.3 is 10.0 Å². The zero-order chi connectivity index (χ0) is 17.4. The number of hydrogen-bond donors (Lipinski definition) is 1. The van der Waals surface area contributed by atoms with Crippen LogP contribution in [0.2, 0.25) is 0 Å². The average molecular weight is 336 g/mol. The summed E-state index contributed by atoms with van der Waals surface area (Å²) in [4.78, 5) is 19.0. The van der Waals surface area contributed by atoms with Gasteiger partial charge in [0, 0.05) is 18.1 Å². The number of pyridine rings is 1. The van der Waals surface area contributed by atoms with E-state index in [4.69, 9.17) is 0 Å². The molecule has 1 N–H and O–H groups in total. The number of fused-ring (bicyclic) bond motifs is 2. The Bertz CT molecular complexity index is 957. The van der Waals surface area contributed by atoms with Gasteiger partial charge in [-0.25, -0.2) is 4.39 Å². The van der Waals surface area contributed by atoms with E-state index in [1.165, 1.54) is 12.1 Å². The number of benzene rings is 2. The zero-order valence-electron chi connectivity index (χ0n) is 13.5. The first-order valence-electron chi connectivity index (χ1n) is 8.23. The van der Waals surface area contributed by atoms with Crippen LogP contribution in [0.4, 0.5) is 4.39 Å². The fraction of sp³-hybridized carbons (Fsp3) is 0.200. The molecule has 0 fully saturated rings. The van der Waals surface area contributed by atoms with Gasteiger partial charge >= 0.3 is 0 Å². The van der Waals surface area contributed by atoms with Crippen molar-refractivity contribution in [2.45, 2.75) is 12.5 Å². The first kappa shape index (κ1) is 15.7. The number of nitrogens with zero attached hydrogens (tertiary/aromatic N) is 2. The molecule has 1 amide bonds. The van der Waals surface area contributed by atoms with Crippen LogP contribution in [0.3, 0.4) is 0 Å². The minimum atomic E-state index is -0.471. The van der Waals surface area contributed by atoms with Gasteiger partial charge in [-0.2, -0.15) is 0 Å². The van der Waals surface area contributed by atoms with E-state index in [0.29, 0.717) is 23.9 Å². The largest absolute Gasteiger partial charge is 0.394 e. The summed E-state index contributed by atoms with van der Waals surface area (Å²) < 4.78 is 14.0. The Hall–Kier alpha value is -2.79. The van der Waals surface area contributed by atoms with E-state index in [1.54, 1.807) is 23.2 Å². The monoisotopic (exact) mass is 336 g/mol. The fourth-order valence-corrected chi connectivity index (χ4v) is 3.57. The highest BCUT2D eigenvalue weighted by molar-refractivity contribution is 6.05. The molecule has 0 aliphatic carbocycles. The molecular formula is C20H17FN2O2. The van der Waals surface area contributed by atoms with Crippen LogP contribution in [0.5, 0.6) is 0 Å². The molecule has 1 aliphatic heterocycles. The van der Waals surface area contributed by atoms with Gasteiger partial charge in [-0.15, -0.1) is 0 Å². The van der Waals surface area contributed by atoms with Crippen molar-refractivity contribution in [3.63, 3.8) is 0 Å². The molecule has 0 bridgehead atoms. The van der Waals surface area contributed by atoms with E-state index in [0.717, 1.165) is 11.1 Å². The zero-order valence-corrected chi connectivity index (χ0v) is 13.5. The Morgan fingerprint density at radius 3 is 2.92 bits per heavy atom. The summed E-state index contributed by atoms with van der Waals surface area (Å²) >= 11 is 0. The molecule has 25 heavy (non-hydrogen) atoms. The van der Waals surface area contributed by atoms with Crippen LogP contribution >= 0.6 is 0 Å². The average Bonchev–Trinajstić information content (AvgIpc) is 2.65. The second kappa shape index (κ2) is 6.26.